The highest BCUT2D eigenvalue weighted by Gasteiger charge is 2.00. The third kappa shape index (κ3) is 5.07. The van der Waals surface area contributed by atoms with Crippen LogP contribution in [0.1, 0.15) is 5.56 Å². The molecule has 0 bridgehead atoms. The smallest absolute Gasteiger partial charge is 0.191 e. The lowest BCUT2D eigenvalue weighted by atomic mass is 10.2. The first-order valence-electron chi connectivity index (χ1n) is 8.41. The van der Waals surface area contributed by atoms with Crippen LogP contribution in [0.4, 0.5) is 0 Å². The Balaban J connectivity index is 1.41. The molecule has 3 rings (SSSR count). The maximum atomic E-state index is 5.65. The molecule has 0 unspecified atom stereocenters. The van der Waals surface area contributed by atoms with Gasteiger partial charge in [-0.1, -0.05) is 30.3 Å². The zero-order valence-electron chi connectivity index (χ0n) is 14.7. The van der Waals surface area contributed by atoms with Crippen LogP contribution in [0.5, 0.6) is 5.75 Å². The van der Waals surface area contributed by atoms with E-state index in [2.05, 4.69) is 37.8 Å². The lowest BCUT2D eigenvalue weighted by Crippen LogP contribution is -2.38. The Hall–Kier alpha value is -3.35. The van der Waals surface area contributed by atoms with Crippen LogP contribution in [0, 0.1) is 0 Å². The maximum Gasteiger partial charge on any atom is 0.191 e. The first-order valence-corrected chi connectivity index (χ1v) is 8.41. The Morgan fingerprint density at radius 3 is 2.58 bits per heavy atom. The third-order valence-electron chi connectivity index (χ3n) is 3.71. The molecule has 0 saturated carbocycles. The first kappa shape index (κ1) is 17.5. The predicted molar refractivity (Wildman–Crippen MR) is 101 cm³/mol. The number of benzene rings is 2. The van der Waals surface area contributed by atoms with Gasteiger partial charge in [0.25, 0.3) is 0 Å². The van der Waals surface area contributed by atoms with Crippen LogP contribution < -0.4 is 15.4 Å². The Bertz CT molecular complexity index is 800. The minimum atomic E-state index is 0.567. The number of nitrogens with zero attached hydrogens (tertiary/aromatic N) is 4. The zero-order valence-corrected chi connectivity index (χ0v) is 14.7. The summed E-state index contributed by atoms with van der Waals surface area (Å²) in [5, 5.41) is 10.6. The largest absolute Gasteiger partial charge is 0.492 e. The highest BCUT2D eigenvalue weighted by Crippen LogP contribution is 2.08. The molecule has 0 aliphatic heterocycles. The number of ether oxygens (including phenoxy) is 1. The van der Waals surface area contributed by atoms with E-state index < -0.39 is 0 Å². The van der Waals surface area contributed by atoms with Gasteiger partial charge in [0.1, 0.15) is 25.0 Å². The molecule has 0 spiro atoms. The van der Waals surface area contributed by atoms with Crippen LogP contribution in [-0.4, -0.2) is 40.9 Å². The molecule has 0 atom stereocenters. The number of nitrogens with one attached hydrogen (secondary N) is 2. The summed E-state index contributed by atoms with van der Waals surface area (Å²) in [6.45, 7) is 1.91. The number of hydrogen-bond donors (Lipinski definition) is 2. The lowest BCUT2D eigenvalue weighted by molar-refractivity contribution is 0.322. The summed E-state index contributed by atoms with van der Waals surface area (Å²) in [5.74, 6) is 1.60. The van der Waals surface area contributed by atoms with Crippen molar-refractivity contribution in [3.05, 3.63) is 72.8 Å². The number of guanidine groups is 1. The van der Waals surface area contributed by atoms with Gasteiger partial charge in [-0.3, -0.25) is 4.99 Å². The van der Waals surface area contributed by atoms with Crippen LogP contribution in [0.2, 0.25) is 0 Å². The summed E-state index contributed by atoms with van der Waals surface area (Å²) in [6.07, 6.45) is 3.20. The van der Waals surface area contributed by atoms with Gasteiger partial charge in [-0.15, -0.1) is 0 Å². The van der Waals surface area contributed by atoms with Crippen molar-refractivity contribution in [2.45, 2.75) is 6.54 Å². The van der Waals surface area contributed by atoms with Crippen molar-refractivity contribution in [1.82, 2.24) is 25.4 Å². The van der Waals surface area contributed by atoms with E-state index in [-0.39, 0.29) is 0 Å². The van der Waals surface area contributed by atoms with E-state index in [1.807, 2.05) is 42.5 Å². The van der Waals surface area contributed by atoms with Crippen LogP contribution in [0.15, 0.2) is 72.2 Å². The SMILES string of the molecule is CN=C(NCCOc1ccccc1)NCc1ccc(-n2cncn2)cc1. The molecule has 2 N–H and O–H groups in total. The van der Waals surface area contributed by atoms with Crippen molar-refractivity contribution in [3.8, 4) is 11.4 Å². The molecule has 0 amide bonds. The van der Waals surface area contributed by atoms with Gasteiger partial charge in [0.05, 0.1) is 12.2 Å². The fourth-order valence-corrected chi connectivity index (χ4v) is 2.37. The van der Waals surface area contributed by atoms with Crippen molar-refractivity contribution in [2.75, 3.05) is 20.2 Å². The fraction of sp³-hybridized carbons (Fsp3) is 0.211. The molecule has 0 aliphatic carbocycles. The molecule has 134 valence electrons. The quantitative estimate of drug-likeness (QED) is 0.387. The zero-order chi connectivity index (χ0) is 18.0. The van der Waals surface area contributed by atoms with Crippen molar-refractivity contribution in [3.63, 3.8) is 0 Å². The highest BCUT2D eigenvalue weighted by molar-refractivity contribution is 5.79. The Labute approximate surface area is 152 Å². The van der Waals surface area contributed by atoms with Gasteiger partial charge in [0, 0.05) is 13.6 Å². The van der Waals surface area contributed by atoms with Crippen molar-refractivity contribution < 1.29 is 4.74 Å². The molecule has 0 aliphatic rings. The summed E-state index contributed by atoms with van der Waals surface area (Å²) in [7, 11) is 1.75. The molecule has 1 aromatic heterocycles. The molecule has 0 saturated heterocycles. The maximum absolute atomic E-state index is 5.65. The highest BCUT2D eigenvalue weighted by atomic mass is 16.5. The van der Waals surface area contributed by atoms with E-state index in [4.69, 9.17) is 4.74 Å². The number of hydrogen-bond acceptors (Lipinski definition) is 4. The number of aromatic nitrogens is 3. The average Bonchev–Trinajstić information content (AvgIpc) is 3.23. The third-order valence-corrected chi connectivity index (χ3v) is 3.71. The first-order chi connectivity index (χ1) is 12.8. The van der Waals surface area contributed by atoms with E-state index in [1.54, 1.807) is 18.1 Å². The summed E-state index contributed by atoms with van der Waals surface area (Å²) in [5.41, 5.74) is 2.13. The fourth-order valence-electron chi connectivity index (χ4n) is 2.37. The standard InChI is InChI=1S/C19H22N6O/c1-20-19(22-11-12-26-18-5-3-2-4-6-18)23-13-16-7-9-17(10-8-16)25-15-21-14-24-25/h2-10,14-15H,11-13H2,1H3,(H2,20,22,23). The molecule has 3 aromatic rings. The van der Waals surface area contributed by atoms with Gasteiger partial charge in [0.15, 0.2) is 5.96 Å². The van der Waals surface area contributed by atoms with E-state index in [1.165, 1.54) is 6.33 Å². The summed E-state index contributed by atoms with van der Waals surface area (Å²) in [4.78, 5) is 8.17. The number of aliphatic imine (C=N–C) groups is 1. The van der Waals surface area contributed by atoms with E-state index in [9.17, 15) is 0 Å². The van der Waals surface area contributed by atoms with Gasteiger partial charge >= 0.3 is 0 Å². The van der Waals surface area contributed by atoms with Crippen LogP contribution in [-0.2, 0) is 6.54 Å². The Morgan fingerprint density at radius 2 is 1.88 bits per heavy atom. The monoisotopic (exact) mass is 350 g/mol. The molecular weight excluding hydrogens is 328 g/mol. The number of rotatable bonds is 7. The second-order valence-corrected chi connectivity index (χ2v) is 5.52. The average molecular weight is 350 g/mol. The van der Waals surface area contributed by atoms with Crippen molar-refractivity contribution in [2.24, 2.45) is 4.99 Å². The predicted octanol–water partition coefficient (Wildman–Crippen LogP) is 2.01. The molecular formula is C19H22N6O. The van der Waals surface area contributed by atoms with E-state index in [0.29, 0.717) is 19.7 Å². The van der Waals surface area contributed by atoms with Gasteiger partial charge < -0.3 is 15.4 Å². The van der Waals surface area contributed by atoms with E-state index >= 15 is 0 Å². The Morgan fingerprint density at radius 1 is 1.08 bits per heavy atom. The minimum Gasteiger partial charge on any atom is -0.492 e. The Kier molecular flexibility index (Phi) is 6.19. The molecule has 26 heavy (non-hydrogen) atoms. The van der Waals surface area contributed by atoms with Gasteiger partial charge in [-0.2, -0.15) is 5.10 Å². The minimum absolute atomic E-state index is 0.567. The molecule has 0 radical (unpaired) electrons. The van der Waals surface area contributed by atoms with Crippen LogP contribution >= 0.6 is 0 Å². The summed E-state index contributed by atoms with van der Waals surface area (Å²) >= 11 is 0. The summed E-state index contributed by atoms with van der Waals surface area (Å²) < 4.78 is 7.38. The summed E-state index contributed by atoms with van der Waals surface area (Å²) in [6, 6.07) is 17.9. The molecule has 7 nitrogen and oxygen atoms in total. The van der Waals surface area contributed by atoms with Crippen LogP contribution in [0.25, 0.3) is 5.69 Å². The molecule has 7 heteroatoms. The normalized spacial score (nSPS) is 11.2. The topological polar surface area (TPSA) is 76.4 Å². The molecule has 0 fully saturated rings. The molecule has 2 aromatic carbocycles. The second-order valence-electron chi connectivity index (χ2n) is 5.52. The van der Waals surface area contributed by atoms with Gasteiger partial charge in [-0.25, -0.2) is 9.67 Å². The van der Waals surface area contributed by atoms with Gasteiger partial charge in [-0.05, 0) is 29.8 Å². The number of para-hydroxylation sites is 1. The molecule has 1 heterocycles. The van der Waals surface area contributed by atoms with Crippen molar-refractivity contribution in [1.29, 1.82) is 0 Å². The van der Waals surface area contributed by atoms with Crippen molar-refractivity contribution >= 4 is 5.96 Å². The lowest BCUT2D eigenvalue weighted by Gasteiger charge is -2.13. The van der Waals surface area contributed by atoms with E-state index in [0.717, 1.165) is 23.0 Å². The second kappa shape index (κ2) is 9.22. The van der Waals surface area contributed by atoms with Gasteiger partial charge in [0.2, 0.25) is 0 Å². The van der Waals surface area contributed by atoms with Crippen LogP contribution in [0.3, 0.4) is 0 Å².